The van der Waals surface area contributed by atoms with Crippen molar-refractivity contribution in [3.8, 4) is 0 Å². The molecule has 0 saturated heterocycles. The zero-order valence-electron chi connectivity index (χ0n) is 11.3. The third kappa shape index (κ3) is 2.43. The van der Waals surface area contributed by atoms with Crippen molar-refractivity contribution >= 4 is 29.5 Å². The maximum Gasteiger partial charge on any atom is 0.224 e. The van der Waals surface area contributed by atoms with Crippen LogP contribution in [0.25, 0.3) is 0 Å². The Morgan fingerprint density at radius 2 is 2.50 bits per heavy atom. The van der Waals surface area contributed by atoms with Gasteiger partial charge in [-0.3, -0.25) is 9.89 Å². The van der Waals surface area contributed by atoms with E-state index in [9.17, 15) is 4.79 Å². The molecule has 106 valence electrons. The molecule has 1 aliphatic rings. The second-order valence-electron chi connectivity index (χ2n) is 5.14. The summed E-state index contributed by atoms with van der Waals surface area (Å²) in [6.45, 7) is 2.52. The maximum absolute atomic E-state index is 12.1. The average Bonchev–Trinajstić information content (AvgIpc) is 3.02. The van der Waals surface area contributed by atoms with Gasteiger partial charge in [0, 0.05) is 23.8 Å². The molecule has 7 heteroatoms. The quantitative estimate of drug-likeness (QED) is 0.852. The lowest BCUT2D eigenvalue weighted by Crippen LogP contribution is -2.26. The van der Waals surface area contributed by atoms with Gasteiger partial charge in [-0.25, -0.2) is 0 Å². The van der Waals surface area contributed by atoms with Crippen molar-refractivity contribution in [3.63, 3.8) is 0 Å². The van der Waals surface area contributed by atoms with E-state index in [1.807, 2.05) is 7.05 Å². The summed E-state index contributed by atoms with van der Waals surface area (Å²) < 4.78 is 2.33. The molecule has 0 unspecified atom stereocenters. The highest BCUT2D eigenvalue weighted by Crippen LogP contribution is 2.50. The van der Waals surface area contributed by atoms with Crippen molar-refractivity contribution in [1.82, 2.24) is 20.1 Å². The summed E-state index contributed by atoms with van der Waals surface area (Å²) in [5.74, 6) is 1.36. The van der Waals surface area contributed by atoms with Gasteiger partial charge in [0.1, 0.15) is 0 Å². The van der Waals surface area contributed by atoms with Crippen LogP contribution in [-0.4, -0.2) is 20.7 Å². The highest BCUT2D eigenvalue weighted by molar-refractivity contribution is 7.71. The molecule has 20 heavy (non-hydrogen) atoms. The van der Waals surface area contributed by atoms with E-state index in [0.717, 1.165) is 12.2 Å². The van der Waals surface area contributed by atoms with Gasteiger partial charge in [-0.1, -0.05) is 0 Å². The molecule has 3 rings (SSSR count). The number of H-pyrrole nitrogens is 1. The van der Waals surface area contributed by atoms with Gasteiger partial charge < -0.3 is 9.88 Å². The Balaban J connectivity index is 1.58. The number of hydrogen-bond donors (Lipinski definition) is 2. The summed E-state index contributed by atoms with van der Waals surface area (Å²) >= 11 is 6.78. The second-order valence-corrected chi connectivity index (χ2v) is 6.47. The number of hydrogen-bond acceptors (Lipinski definition) is 4. The minimum absolute atomic E-state index is 0.108. The van der Waals surface area contributed by atoms with Crippen molar-refractivity contribution in [2.75, 3.05) is 0 Å². The Bertz CT molecular complexity index is 699. The molecular weight excluding hydrogens is 292 g/mol. The first kappa shape index (κ1) is 13.5. The lowest BCUT2D eigenvalue weighted by molar-refractivity contribution is -0.122. The van der Waals surface area contributed by atoms with Crippen molar-refractivity contribution in [2.24, 2.45) is 13.0 Å². The number of carbonyl (C=O) groups excluding carboxylic acids is 1. The minimum atomic E-state index is 0.108. The van der Waals surface area contributed by atoms with Gasteiger partial charge in [-0.2, -0.15) is 5.10 Å². The van der Waals surface area contributed by atoms with Crippen molar-refractivity contribution in [2.45, 2.75) is 25.8 Å². The fourth-order valence-corrected chi connectivity index (χ4v) is 3.63. The maximum atomic E-state index is 12.1. The number of thiophene rings is 1. The predicted molar refractivity (Wildman–Crippen MR) is 80.1 cm³/mol. The van der Waals surface area contributed by atoms with Crippen LogP contribution in [0.1, 0.15) is 28.6 Å². The molecule has 2 aromatic rings. The van der Waals surface area contributed by atoms with E-state index < -0.39 is 0 Å². The molecule has 0 aromatic carbocycles. The summed E-state index contributed by atoms with van der Waals surface area (Å²) in [5.41, 5.74) is 1.30. The van der Waals surface area contributed by atoms with Crippen LogP contribution in [-0.2, 0) is 18.4 Å². The summed E-state index contributed by atoms with van der Waals surface area (Å²) in [6, 6.07) is 2.11. The lowest BCUT2D eigenvalue weighted by atomic mass is 10.2. The molecule has 0 spiro atoms. The van der Waals surface area contributed by atoms with Crippen LogP contribution < -0.4 is 5.32 Å². The fourth-order valence-electron chi connectivity index (χ4n) is 2.37. The van der Waals surface area contributed by atoms with E-state index >= 15 is 0 Å². The van der Waals surface area contributed by atoms with Crippen LogP contribution in [0.15, 0.2) is 11.4 Å². The van der Waals surface area contributed by atoms with E-state index in [-0.39, 0.29) is 11.8 Å². The van der Waals surface area contributed by atoms with Gasteiger partial charge in [0.05, 0.1) is 6.54 Å². The van der Waals surface area contributed by atoms with Crippen LogP contribution in [0.5, 0.6) is 0 Å². The van der Waals surface area contributed by atoms with Crippen LogP contribution >= 0.6 is 23.6 Å². The number of rotatable bonds is 4. The number of aromatic amines is 1. The van der Waals surface area contributed by atoms with Gasteiger partial charge >= 0.3 is 0 Å². The molecule has 1 saturated carbocycles. The van der Waals surface area contributed by atoms with Crippen molar-refractivity contribution in [3.05, 3.63) is 32.5 Å². The number of aryl methyl sites for hydroxylation is 1. The third-order valence-electron chi connectivity index (χ3n) is 3.76. The predicted octanol–water partition coefficient (Wildman–Crippen LogP) is 2.27. The molecule has 0 aliphatic heterocycles. The first-order valence-electron chi connectivity index (χ1n) is 6.50. The largest absolute Gasteiger partial charge is 0.349 e. The summed E-state index contributed by atoms with van der Waals surface area (Å²) in [4.78, 5) is 13.5. The molecule has 2 atom stereocenters. The van der Waals surface area contributed by atoms with E-state index in [0.29, 0.717) is 17.2 Å². The van der Waals surface area contributed by atoms with Gasteiger partial charge in [0.15, 0.2) is 10.6 Å². The van der Waals surface area contributed by atoms with Gasteiger partial charge in [0.25, 0.3) is 0 Å². The molecule has 0 radical (unpaired) electrons. The molecule has 1 amide bonds. The Hall–Kier alpha value is -1.47. The molecule has 2 heterocycles. The van der Waals surface area contributed by atoms with E-state index in [4.69, 9.17) is 12.2 Å². The number of amides is 1. The molecule has 2 aromatic heterocycles. The smallest absolute Gasteiger partial charge is 0.224 e. The summed E-state index contributed by atoms with van der Waals surface area (Å²) in [5, 5.41) is 11.8. The lowest BCUT2D eigenvalue weighted by Gasteiger charge is -2.04. The standard InChI is InChI=1S/C13H16N4OS2/c1-7-3-4-20-11(7)8-5-9(8)12(18)14-6-10-15-16-13(19)17(10)2/h3-4,8-9H,5-6H2,1-2H3,(H,14,18)(H,16,19)/t8-,9+/m1/s1. The second kappa shape index (κ2) is 5.14. The monoisotopic (exact) mass is 308 g/mol. The fraction of sp³-hybridized carbons (Fsp3) is 0.462. The highest BCUT2D eigenvalue weighted by atomic mass is 32.1. The first-order chi connectivity index (χ1) is 9.58. The van der Waals surface area contributed by atoms with E-state index in [2.05, 4.69) is 33.9 Å². The molecule has 2 N–H and O–H groups in total. The average molecular weight is 308 g/mol. The van der Waals surface area contributed by atoms with Crippen molar-refractivity contribution < 1.29 is 4.79 Å². The number of nitrogens with one attached hydrogen (secondary N) is 2. The topological polar surface area (TPSA) is 62.7 Å². The minimum Gasteiger partial charge on any atom is -0.349 e. The zero-order valence-corrected chi connectivity index (χ0v) is 13.0. The van der Waals surface area contributed by atoms with Crippen molar-refractivity contribution in [1.29, 1.82) is 0 Å². The normalized spacial score (nSPS) is 20.9. The van der Waals surface area contributed by atoms with Gasteiger partial charge in [-0.05, 0) is 42.6 Å². The molecule has 1 fully saturated rings. The number of carbonyl (C=O) groups is 1. The van der Waals surface area contributed by atoms with Gasteiger partial charge in [-0.15, -0.1) is 11.3 Å². The Kier molecular flexibility index (Phi) is 3.47. The van der Waals surface area contributed by atoms with Crippen LogP contribution in [0, 0.1) is 17.6 Å². The van der Waals surface area contributed by atoms with Crippen LogP contribution in [0.3, 0.4) is 0 Å². The molecular formula is C13H16N4OS2. The molecule has 1 aliphatic carbocycles. The SMILES string of the molecule is Cc1ccsc1[C@@H]1C[C@@H]1C(=O)NCc1n[nH]c(=S)n1C. The molecule has 0 bridgehead atoms. The summed E-state index contributed by atoms with van der Waals surface area (Å²) in [6.07, 6.45) is 0.951. The Morgan fingerprint density at radius 1 is 1.70 bits per heavy atom. The third-order valence-corrected chi connectivity index (χ3v) is 5.27. The summed E-state index contributed by atoms with van der Waals surface area (Å²) in [7, 11) is 1.84. The van der Waals surface area contributed by atoms with E-state index in [1.54, 1.807) is 15.9 Å². The number of nitrogens with zero attached hydrogens (tertiary/aromatic N) is 2. The van der Waals surface area contributed by atoms with Crippen LogP contribution in [0.4, 0.5) is 0 Å². The highest BCUT2D eigenvalue weighted by Gasteiger charge is 2.45. The first-order valence-corrected chi connectivity index (χ1v) is 7.78. The van der Waals surface area contributed by atoms with Crippen LogP contribution in [0.2, 0.25) is 0 Å². The Labute approximate surface area is 126 Å². The zero-order chi connectivity index (χ0) is 14.3. The molecule has 5 nitrogen and oxygen atoms in total. The number of aromatic nitrogens is 3. The van der Waals surface area contributed by atoms with Gasteiger partial charge in [0.2, 0.25) is 5.91 Å². The Morgan fingerprint density at radius 3 is 3.10 bits per heavy atom. The van der Waals surface area contributed by atoms with E-state index in [1.165, 1.54) is 10.4 Å².